The molecule has 63 heavy (non-hydrogen) atoms. The van der Waals surface area contributed by atoms with Gasteiger partial charge in [-0.1, -0.05) is 36.4 Å². The molecule has 5 aromatic heterocycles. The first-order valence-electron chi connectivity index (χ1n) is 19.4. The van der Waals surface area contributed by atoms with Crippen molar-refractivity contribution in [3.63, 3.8) is 0 Å². The Labute approximate surface area is 384 Å². The Hall–Kier alpha value is -6.22. The number of thiophene rings is 5. The van der Waals surface area contributed by atoms with Crippen LogP contribution in [0.3, 0.4) is 0 Å². The molecule has 0 N–H and O–H groups in total. The minimum absolute atomic E-state index is 0.223. The number of hydrogen-bond acceptors (Lipinski definition) is 13. The number of benzene rings is 5. The average Bonchev–Trinajstić information content (AvgIpc) is 4.11. The first-order chi connectivity index (χ1) is 30.5. The van der Waals surface area contributed by atoms with Gasteiger partial charge in [-0.3, -0.25) is 19.2 Å². The monoisotopic (exact) mass is 930 g/mol. The molecule has 0 fully saturated rings. The number of methoxy groups -OCH3 is 1. The molecular formula is C50H42O8S5. The van der Waals surface area contributed by atoms with Crippen molar-refractivity contribution < 1.29 is 38.1 Å². The molecule has 5 aromatic carbocycles. The molecule has 5 heterocycles. The fraction of sp³-hybridized carbons (Fsp3) is 0.120. The molecule has 0 spiro atoms. The molecule has 10 aromatic rings. The van der Waals surface area contributed by atoms with Crippen molar-refractivity contribution in [1.82, 2.24) is 0 Å². The highest BCUT2D eigenvalue weighted by Gasteiger charge is 2.06. The first-order valence-corrected chi connectivity index (χ1v) is 23.8. The van der Waals surface area contributed by atoms with Crippen LogP contribution in [0, 0.1) is 0 Å². The van der Waals surface area contributed by atoms with Crippen molar-refractivity contribution >= 4 is 131 Å². The van der Waals surface area contributed by atoms with E-state index in [1.54, 1.807) is 88.9 Å². The SMILES string of the molecule is CC(=O)Cc1cccc2ccsc12.CC(=O)Oc1ccc2ccsc2c1.CC(=O)Oc1ccc2sccc2c1.CC(=O)Oc1cccc2sccc12.COc1cccc2ccsc12. The molecule has 0 bridgehead atoms. The smallest absolute Gasteiger partial charge is 0.308 e. The van der Waals surface area contributed by atoms with Crippen LogP contribution in [0.4, 0.5) is 0 Å². The Morgan fingerprint density at radius 1 is 0.444 bits per heavy atom. The van der Waals surface area contributed by atoms with Crippen molar-refractivity contribution in [1.29, 1.82) is 0 Å². The zero-order valence-corrected chi connectivity index (χ0v) is 39.0. The predicted molar refractivity (Wildman–Crippen MR) is 264 cm³/mol. The number of carbonyl (C=O) groups excluding carboxylic acids is 4. The maximum atomic E-state index is 11.0. The highest BCUT2D eigenvalue weighted by atomic mass is 32.1. The lowest BCUT2D eigenvalue weighted by Crippen LogP contribution is -2.01. The van der Waals surface area contributed by atoms with Crippen LogP contribution >= 0.6 is 56.7 Å². The summed E-state index contributed by atoms with van der Waals surface area (Å²) in [6.45, 7) is 5.84. The molecule has 13 heteroatoms. The van der Waals surface area contributed by atoms with Gasteiger partial charge in [-0.05, 0) is 146 Å². The Morgan fingerprint density at radius 3 is 1.68 bits per heavy atom. The van der Waals surface area contributed by atoms with Gasteiger partial charge in [0, 0.05) is 51.4 Å². The molecule has 320 valence electrons. The molecule has 8 nitrogen and oxygen atoms in total. The molecular weight excluding hydrogens is 889 g/mol. The standard InChI is InChI=1S/C11H10OS.3C10H8O2S.C9H8OS/c1-8(12)7-10-4-2-3-9-5-6-13-11(9)10;1-7(11)12-9-2-3-10-8(6-9)4-5-13-10;1-7(11)12-9-3-2-8-4-5-13-10(8)6-9;1-7(11)12-9-3-2-4-10-8(9)5-6-13-10;1-10-8-4-2-3-7-5-6-11-9(7)8/h2-6H,7H2,1H3;3*2-6H,1H3;2-6H,1H3. The topological polar surface area (TPSA) is 105 Å². The van der Waals surface area contributed by atoms with Gasteiger partial charge in [-0.2, -0.15) is 0 Å². The van der Waals surface area contributed by atoms with Gasteiger partial charge < -0.3 is 18.9 Å². The Balaban J connectivity index is 0.000000131. The Bertz CT molecular complexity index is 2940. The maximum absolute atomic E-state index is 11.0. The predicted octanol–water partition coefficient (Wildman–Crippen LogP) is 14.4. The molecule has 0 saturated heterocycles. The van der Waals surface area contributed by atoms with Crippen LogP contribution in [-0.4, -0.2) is 30.8 Å². The zero-order valence-electron chi connectivity index (χ0n) is 34.9. The summed E-state index contributed by atoms with van der Waals surface area (Å²) in [5.74, 6) is 2.22. The van der Waals surface area contributed by atoms with Crippen LogP contribution < -0.4 is 18.9 Å². The Morgan fingerprint density at radius 2 is 0.984 bits per heavy atom. The first kappa shape index (κ1) is 46.3. The van der Waals surface area contributed by atoms with E-state index in [9.17, 15) is 19.2 Å². The van der Waals surface area contributed by atoms with Gasteiger partial charge in [0.15, 0.2) is 0 Å². The molecule has 0 aliphatic rings. The van der Waals surface area contributed by atoms with E-state index >= 15 is 0 Å². The van der Waals surface area contributed by atoms with Crippen LogP contribution in [-0.2, 0) is 25.6 Å². The summed E-state index contributed by atoms with van der Waals surface area (Å²) < 4.78 is 26.1. The summed E-state index contributed by atoms with van der Waals surface area (Å²) in [6, 6.07) is 39.3. The van der Waals surface area contributed by atoms with Crippen LogP contribution in [0.5, 0.6) is 23.0 Å². The highest BCUT2D eigenvalue weighted by Crippen LogP contribution is 2.31. The third-order valence-electron chi connectivity index (χ3n) is 8.75. The molecule has 0 atom stereocenters. The maximum Gasteiger partial charge on any atom is 0.308 e. The second-order valence-electron chi connectivity index (χ2n) is 13.5. The van der Waals surface area contributed by atoms with Gasteiger partial charge in [-0.25, -0.2) is 0 Å². The second kappa shape index (κ2) is 22.7. The van der Waals surface area contributed by atoms with E-state index in [1.165, 1.54) is 51.0 Å². The summed E-state index contributed by atoms with van der Waals surface area (Å²) in [5, 5.41) is 16.0. The summed E-state index contributed by atoms with van der Waals surface area (Å²) in [4.78, 5) is 43.1. The van der Waals surface area contributed by atoms with Crippen molar-refractivity contribution in [2.24, 2.45) is 0 Å². The number of hydrogen-bond donors (Lipinski definition) is 0. The van der Waals surface area contributed by atoms with Crippen molar-refractivity contribution in [3.8, 4) is 23.0 Å². The summed E-state index contributed by atoms with van der Waals surface area (Å²) >= 11 is 8.37. The summed E-state index contributed by atoms with van der Waals surface area (Å²) in [6.07, 6.45) is 0.553. The minimum atomic E-state index is -0.283. The van der Waals surface area contributed by atoms with Crippen LogP contribution in [0.1, 0.15) is 33.3 Å². The molecule has 0 aliphatic heterocycles. The van der Waals surface area contributed by atoms with Gasteiger partial charge in [0.2, 0.25) is 0 Å². The van der Waals surface area contributed by atoms with Gasteiger partial charge in [0.05, 0.1) is 11.8 Å². The van der Waals surface area contributed by atoms with Crippen molar-refractivity contribution in [3.05, 3.63) is 154 Å². The molecule has 10 rings (SSSR count). The third kappa shape index (κ3) is 13.4. The lowest BCUT2D eigenvalue weighted by atomic mass is 10.1. The fourth-order valence-corrected chi connectivity index (χ4v) is 10.3. The molecule has 0 radical (unpaired) electrons. The van der Waals surface area contributed by atoms with E-state index in [4.69, 9.17) is 18.9 Å². The van der Waals surface area contributed by atoms with Crippen molar-refractivity contribution in [2.45, 2.75) is 34.1 Å². The lowest BCUT2D eigenvalue weighted by molar-refractivity contribution is -0.132. The molecule has 0 saturated carbocycles. The zero-order chi connectivity index (χ0) is 44.7. The number of Topliss-reactive ketones (excluding diaryl/α,β-unsaturated/α-hetero) is 1. The number of rotatable bonds is 6. The highest BCUT2D eigenvalue weighted by molar-refractivity contribution is 7.18. The Kier molecular flexibility index (Phi) is 16.7. The number of fused-ring (bicyclic) bond motifs is 5. The molecule has 0 amide bonds. The largest absolute Gasteiger partial charge is 0.495 e. The van der Waals surface area contributed by atoms with E-state index < -0.39 is 0 Å². The molecule has 0 unspecified atom stereocenters. The quantitative estimate of drug-likeness (QED) is 0.120. The van der Waals surface area contributed by atoms with E-state index in [1.807, 2.05) is 95.0 Å². The van der Waals surface area contributed by atoms with E-state index in [0.29, 0.717) is 23.7 Å². The summed E-state index contributed by atoms with van der Waals surface area (Å²) in [7, 11) is 1.70. The average molecular weight is 931 g/mol. The van der Waals surface area contributed by atoms with Gasteiger partial charge in [0.1, 0.15) is 28.8 Å². The van der Waals surface area contributed by atoms with Gasteiger partial charge in [0.25, 0.3) is 0 Å². The van der Waals surface area contributed by atoms with Crippen LogP contribution in [0.2, 0.25) is 0 Å². The fourth-order valence-electron chi connectivity index (χ4n) is 6.14. The minimum Gasteiger partial charge on any atom is -0.495 e. The van der Waals surface area contributed by atoms with Crippen molar-refractivity contribution in [2.75, 3.05) is 7.11 Å². The summed E-state index contributed by atoms with van der Waals surface area (Å²) in [5.41, 5.74) is 1.15. The lowest BCUT2D eigenvalue weighted by Gasteiger charge is -2.01. The second-order valence-corrected chi connectivity index (χ2v) is 18.2. The van der Waals surface area contributed by atoms with Gasteiger partial charge in [-0.15, -0.1) is 56.7 Å². The van der Waals surface area contributed by atoms with E-state index in [-0.39, 0.29) is 23.7 Å². The number of ketones is 1. The number of ether oxygens (including phenoxy) is 4. The normalized spacial score (nSPS) is 10.3. The van der Waals surface area contributed by atoms with Crippen LogP contribution in [0.25, 0.3) is 50.4 Å². The van der Waals surface area contributed by atoms with E-state index in [2.05, 4.69) is 35.0 Å². The van der Waals surface area contributed by atoms with E-state index in [0.717, 1.165) is 31.5 Å². The molecule has 0 aliphatic carbocycles. The number of carbonyl (C=O) groups is 4. The van der Waals surface area contributed by atoms with Gasteiger partial charge >= 0.3 is 17.9 Å². The number of esters is 3. The van der Waals surface area contributed by atoms with Crippen LogP contribution in [0.15, 0.2) is 148 Å². The third-order valence-corrected chi connectivity index (χ3v) is 13.4.